The third-order valence-corrected chi connectivity index (χ3v) is 2.97. The summed E-state index contributed by atoms with van der Waals surface area (Å²) in [6, 6.07) is 5.27. The fourth-order valence-electron chi connectivity index (χ4n) is 1.81. The first-order valence-corrected chi connectivity index (χ1v) is 6.76. The fourth-order valence-corrected chi connectivity index (χ4v) is 1.81. The second-order valence-electron chi connectivity index (χ2n) is 5.01. The van der Waals surface area contributed by atoms with Crippen LogP contribution in [0.1, 0.15) is 38.5 Å². The van der Waals surface area contributed by atoms with Crippen molar-refractivity contribution in [3.63, 3.8) is 0 Å². The van der Waals surface area contributed by atoms with Gasteiger partial charge in [-0.2, -0.15) is 0 Å². The van der Waals surface area contributed by atoms with E-state index in [1.54, 1.807) is 18.2 Å². The molecule has 0 aliphatic carbocycles. The number of methoxy groups -OCH3 is 1. The average molecular weight is 290 g/mol. The van der Waals surface area contributed by atoms with Crippen molar-refractivity contribution in [3.05, 3.63) is 24.1 Å². The molecule has 0 fully saturated rings. The molecule has 2 rings (SSSR count). The maximum atomic E-state index is 11.7. The number of aromatic nitrogens is 1. The number of rotatable bonds is 5. The fraction of sp³-hybridized carbons (Fsp3) is 0.400. The first-order chi connectivity index (χ1) is 9.99. The number of hydrogen-bond acceptors (Lipinski definition) is 5. The van der Waals surface area contributed by atoms with Crippen LogP contribution in [0.4, 0.5) is 5.69 Å². The predicted octanol–water partition coefficient (Wildman–Crippen LogP) is 2.84. The van der Waals surface area contributed by atoms with Crippen LogP contribution in [0.15, 0.2) is 22.6 Å². The quantitative estimate of drug-likeness (QED) is 0.856. The van der Waals surface area contributed by atoms with Crippen LogP contribution in [0.2, 0.25) is 0 Å². The van der Waals surface area contributed by atoms with Gasteiger partial charge in [0.15, 0.2) is 11.5 Å². The highest BCUT2D eigenvalue weighted by Gasteiger charge is 2.11. The molecule has 0 unspecified atom stereocenters. The molecule has 0 saturated carbocycles. The van der Waals surface area contributed by atoms with Gasteiger partial charge >= 0.3 is 5.97 Å². The summed E-state index contributed by atoms with van der Waals surface area (Å²) >= 11 is 0. The summed E-state index contributed by atoms with van der Waals surface area (Å²) in [7, 11) is 1.30. The molecule has 0 saturated heterocycles. The van der Waals surface area contributed by atoms with Gasteiger partial charge in [-0.1, -0.05) is 13.8 Å². The van der Waals surface area contributed by atoms with Gasteiger partial charge in [0.1, 0.15) is 5.52 Å². The summed E-state index contributed by atoms with van der Waals surface area (Å²) in [6.45, 7) is 4.00. The van der Waals surface area contributed by atoms with Gasteiger partial charge in [0.2, 0.25) is 5.91 Å². The van der Waals surface area contributed by atoms with Crippen LogP contribution in [0, 0.1) is 0 Å². The van der Waals surface area contributed by atoms with Crippen LogP contribution in [-0.2, 0) is 14.3 Å². The molecule has 1 N–H and O–H groups in total. The van der Waals surface area contributed by atoms with E-state index in [9.17, 15) is 9.59 Å². The van der Waals surface area contributed by atoms with Gasteiger partial charge in [-0.15, -0.1) is 0 Å². The van der Waals surface area contributed by atoms with Crippen molar-refractivity contribution in [1.82, 2.24) is 4.98 Å². The first kappa shape index (κ1) is 15.0. The van der Waals surface area contributed by atoms with E-state index in [0.29, 0.717) is 17.2 Å². The smallest absolute Gasteiger partial charge is 0.306 e. The van der Waals surface area contributed by atoms with E-state index in [4.69, 9.17) is 4.42 Å². The maximum absolute atomic E-state index is 11.7. The Morgan fingerprint density at radius 3 is 2.76 bits per heavy atom. The van der Waals surface area contributed by atoms with Crippen molar-refractivity contribution in [2.45, 2.75) is 32.6 Å². The minimum absolute atomic E-state index is 0.0599. The average Bonchev–Trinajstić information content (AvgIpc) is 2.88. The van der Waals surface area contributed by atoms with Crippen molar-refractivity contribution in [2.24, 2.45) is 0 Å². The third-order valence-electron chi connectivity index (χ3n) is 2.97. The Labute approximate surface area is 122 Å². The molecule has 1 heterocycles. The van der Waals surface area contributed by atoms with Gasteiger partial charge in [-0.25, -0.2) is 4.98 Å². The van der Waals surface area contributed by atoms with Crippen LogP contribution < -0.4 is 5.32 Å². The molecule has 0 spiro atoms. The molecule has 0 aliphatic rings. The van der Waals surface area contributed by atoms with Crippen molar-refractivity contribution < 1.29 is 18.7 Å². The Hall–Kier alpha value is -2.37. The van der Waals surface area contributed by atoms with E-state index in [1.807, 2.05) is 13.8 Å². The van der Waals surface area contributed by atoms with Gasteiger partial charge in [0, 0.05) is 24.1 Å². The van der Waals surface area contributed by atoms with Crippen LogP contribution in [-0.4, -0.2) is 24.0 Å². The lowest BCUT2D eigenvalue weighted by atomic mass is 10.2. The minimum atomic E-state index is -0.405. The number of fused-ring (bicyclic) bond motifs is 1. The molecule has 2 aromatic rings. The molecule has 0 bridgehead atoms. The van der Waals surface area contributed by atoms with Crippen molar-refractivity contribution in [2.75, 3.05) is 12.4 Å². The molecule has 0 atom stereocenters. The summed E-state index contributed by atoms with van der Waals surface area (Å²) in [5.41, 5.74) is 2.00. The number of hydrogen-bond donors (Lipinski definition) is 1. The second kappa shape index (κ2) is 6.39. The van der Waals surface area contributed by atoms with E-state index in [-0.39, 0.29) is 24.7 Å². The highest BCUT2D eigenvalue weighted by Crippen LogP contribution is 2.23. The van der Waals surface area contributed by atoms with Gasteiger partial charge in [0.05, 0.1) is 13.5 Å². The van der Waals surface area contributed by atoms with Crippen molar-refractivity contribution in [3.8, 4) is 0 Å². The van der Waals surface area contributed by atoms with Gasteiger partial charge in [-0.3, -0.25) is 9.59 Å². The normalized spacial score (nSPS) is 10.9. The number of anilines is 1. The van der Waals surface area contributed by atoms with E-state index < -0.39 is 5.97 Å². The zero-order chi connectivity index (χ0) is 15.4. The zero-order valence-electron chi connectivity index (χ0n) is 12.3. The Kier molecular flexibility index (Phi) is 4.57. The number of nitrogens with zero attached hydrogens (tertiary/aromatic N) is 1. The number of amides is 1. The van der Waals surface area contributed by atoms with Crippen molar-refractivity contribution >= 4 is 28.7 Å². The number of esters is 1. The lowest BCUT2D eigenvalue weighted by molar-refractivity contribution is -0.141. The standard InChI is InChI=1S/C15H18N2O4/c1-9(2)15-17-11-5-4-10(8-12(11)21-15)16-13(18)6-7-14(19)20-3/h4-5,8-9H,6-7H2,1-3H3,(H,16,18). The van der Waals surface area contributed by atoms with Crippen LogP contribution >= 0.6 is 0 Å². The number of oxazole rings is 1. The molecule has 0 radical (unpaired) electrons. The van der Waals surface area contributed by atoms with Gasteiger partial charge < -0.3 is 14.5 Å². The molecule has 0 aliphatic heterocycles. The summed E-state index contributed by atoms with van der Waals surface area (Å²) in [6.07, 6.45) is 0.142. The molecule has 1 aromatic carbocycles. The van der Waals surface area contributed by atoms with E-state index >= 15 is 0 Å². The van der Waals surface area contributed by atoms with Crippen LogP contribution in [0.3, 0.4) is 0 Å². The molecule has 6 nitrogen and oxygen atoms in total. The highest BCUT2D eigenvalue weighted by atomic mass is 16.5. The molecule has 1 amide bonds. The molecular formula is C15H18N2O4. The summed E-state index contributed by atoms with van der Waals surface area (Å²) in [5, 5.41) is 2.72. The van der Waals surface area contributed by atoms with Gasteiger partial charge in [-0.05, 0) is 12.1 Å². The largest absolute Gasteiger partial charge is 0.469 e. The lowest BCUT2D eigenvalue weighted by Crippen LogP contribution is -2.13. The maximum Gasteiger partial charge on any atom is 0.306 e. The van der Waals surface area contributed by atoms with Crippen LogP contribution in [0.5, 0.6) is 0 Å². The monoisotopic (exact) mass is 290 g/mol. The molecular weight excluding hydrogens is 272 g/mol. The van der Waals surface area contributed by atoms with E-state index in [0.717, 1.165) is 5.52 Å². The Bertz CT molecular complexity index is 661. The highest BCUT2D eigenvalue weighted by molar-refractivity contribution is 5.94. The molecule has 21 heavy (non-hydrogen) atoms. The SMILES string of the molecule is COC(=O)CCC(=O)Nc1ccc2nc(C(C)C)oc2c1. The second-order valence-corrected chi connectivity index (χ2v) is 5.01. The third kappa shape index (κ3) is 3.81. The molecule has 1 aromatic heterocycles. The zero-order valence-corrected chi connectivity index (χ0v) is 12.3. The number of carbonyl (C=O) groups excluding carboxylic acids is 2. The van der Waals surface area contributed by atoms with E-state index in [2.05, 4.69) is 15.0 Å². The summed E-state index contributed by atoms with van der Waals surface area (Å²) in [5.74, 6) is 0.218. The number of nitrogens with one attached hydrogen (secondary N) is 1. The van der Waals surface area contributed by atoms with Crippen LogP contribution in [0.25, 0.3) is 11.1 Å². The molecule has 112 valence electrons. The Balaban J connectivity index is 2.05. The predicted molar refractivity (Wildman–Crippen MR) is 78.0 cm³/mol. The van der Waals surface area contributed by atoms with Crippen molar-refractivity contribution in [1.29, 1.82) is 0 Å². The summed E-state index contributed by atoms with van der Waals surface area (Å²) in [4.78, 5) is 27.1. The lowest BCUT2D eigenvalue weighted by Gasteiger charge is -2.04. The minimum Gasteiger partial charge on any atom is -0.469 e. The van der Waals surface area contributed by atoms with Gasteiger partial charge in [0.25, 0.3) is 0 Å². The molecule has 6 heteroatoms. The topological polar surface area (TPSA) is 81.4 Å². The van der Waals surface area contributed by atoms with E-state index in [1.165, 1.54) is 7.11 Å². The number of benzene rings is 1. The number of ether oxygens (including phenoxy) is 1. The first-order valence-electron chi connectivity index (χ1n) is 6.76. The summed E-state index contributed by atoms with van der Waals surface area (Å²) < 4.78 is 10.1. The number of carbonyl (C=O) groups is 2. The Morgan fingerprint density at radius 1 is 1.33 bits per heavy atom. The Morgan fingerprint density at radius 2 is 2.10 bits per heavy atom.